The number of carbonyl (C=O) groups is 1. The van der Waals surface area contributed by atoms with Gasteiger partial charge in [-0.15, -0.1) is 0 Å². The second kappa shape index (κ2) is 5.83. The number of amides is 1. The van der Waals surface area contributed by atoms with E-state index in [1.54, 1.807) is 30.0 Å². The first-order chi connectivity index (χ1) is 8.70. The highest BCUT2D eigenvalue weighted by molar-refractivity contribution is 9.10. The summed E-state index contributed by atoms with van der Waals surface area (Å²) in [4.78, 5) is 15.6. The Morgan fingerprint density at radius 1 is 1.61 bits per heavy atom. The highest BCUT2D eigenvalue weighted by Gasteiger charge is 2.10. The Kier molecular flexibility index (Phi) is 4.16. The van der Waals surface area contributed by atoms with Gasteiger partial charge in [-0.1, -0.05) is 0 Å². The van der Waals surface area contributed by atoms with Crippen LogP contribution in [0.2, 0.25) is 0 Å². The average Bonchev–Trinajstić information content (AvgIpc) is 2.77. The van der Waals surface area contributed by atoms with Gasteiger partial charge in [-0.3, -0.25) is 0 Å². The third-order valence-corrected chi connectivity index (χ3v) is 2.63. The highest BCUT2D eigenvalue weighted by atomic mass is 79.9. The highest BCUT2D eigenvalue weighted by Crippen LogP contribution is 2.23. The van der Waals surface area contributed by atoms with Crippen molar-refractivity contribution in [1.29, 1.82) is 0 Å². The lowest BCUT2D eigenvalue weighted by molar-refractivity contribution is 0.180. The van der Waals surface area contributed by atoms with Crippen LogP contribution in [0, 0.1) is 0 Å². The summed E-state index contributed by atoms with van der Waals surface area (Å²) in [6.45, 7) is 0.834. The summed E-state index contributed by atoms with van der Waals surface area (Å²) in [5.41, 5.74) is 0.583. The van der Waals surface area contributed by atoms with Gasteiger partial charge in [0.15, 0.2) is 11.4 Å². The Morgan fingerprint density at radius 2 is 2.44 bits per heavy atom. The fourth-order valence-corrected chi connectivity index (χ4v) is 1.86. The van der Waals surface area contributed by atoms with Gasteiger partial charge in [-0.25, -0.2) is 9.78 Å². The molecule has 0 spiro atoms. The minimum absolute atomic E-state index is 0.393. The van der Waals surface area contributed by atoms with E-state index in [0.29, 0.717) is 24.5 Å². The summed E-state index contributed by atoms with van der Waals surface area (Å²) in [6, 6.07) is 1.69. The molecular formula is C11H12BrN3O3. The summed E-state index contributed by atoms with van der Waals surface area (Å²) >= 11 is 3.34. The van der Waals surface area contributed by atoms with Crippen LogP contribution in [0.5, 0.6) is 5.75 Å². The second-order valence-electron chi connectivity index (χ2n) is 3.49. The van der Waals surface area contributed by atoms with E-state index < -0.39 is 6.09 Å². The Bertz CT molecular complexity index is 555. The molecule has 1 amide bonds. The Morgan fingerprint density at radius 3 is 3.22 bits per heavy atom. The van der Waals surface area contributed by atoms with Gasteiger partial charge >= 0.3 is 6.09 Å². The van der Waals surface area contributed by atoms with E-state index in [0.717, 1.165) is 4.47 Å². The molecule has 2 rings (SSSR count). The molecule has 96 valence electrons. The number of imidazole rings is 1. The fraction of sp³-hybridized carbons (Fsp3) is 0.273. The molecule has 7 heteroatoms. The van der Waals surface area contributed by atoms with E-state index >= 15 is 0 Å². The van der Waals surface area contributed by atoms with Crippen molar-refractivity contribution < 1.29 is 14.3 Å². The van der Waals surface area contributed by atoms with Crippen LogP contribution in [0.3, 0.4) is 0 Å². The SMILES string of the molecule is COCCNC(=O)Oc1cc(Br)cn2ccnc12. The van der Waals surface area contributed by atoms with Gasteiger partial charge in [-0.05, 0) is 15.9 Å². The maximum atomic E-state index is 11.5. The first-order valence-electron chi connectivity index (χ1n) is 5.27. The van der Waals surface area contributed by atoms with Gasteiger partial charge < -0.3 is 19.2 Å². The van der Waals surface area contributed by atoms with E-state index in [9.17, 15) is 4.79 Å². The standard InChI is InChI=1S/C11H12BrN3O3/c1-17-5-3-14-11(16)18-9-6-8(12)7-15-4-2-13-10(9)15/h2,4,6-7H,3,5H2,1H3,(H,14,16). The molecule has 2 aromatic heterocycles. The van der Waals surface area contributed by atoms with Crippen LogP contribution in [0.1, 0.15) is 0 Å². The zero-order valence-electron chi connectivity index (χ0n) is 9.72. The normalized spacial score (nSPS) is 10.6. The van der Waals surface area contributed by atoms with Gasteiger partial charge in [0.2, 0.25) is 0 Å². The molecule has 0 unspecified atom stereocenters. The van der Waals surface area contributed by atoms with Crippen LogP contribution in [-0.4, -0.2) is 35.7 Å². The maximum Gasteiger partial charge on any atom is 0.412 e. The second-order valence-corrected chi connectivity index (χ2v) is 4.41. The fourth-order valence-electron chi connectivity index (χ4n) is 1.43. The number of rotatable bonds is 4. The first-order valence-corrected chi connectivity index (χ1v) is 6.07. The van der Waals surface area contributed by atoms with Gasteiger partial charge in [0.05, 0.1) is 6.61 Å². The average molecular weight is 314 g/mol. The molecule has 0 aromatic carbocycles. The number of hydrogen-bond donors (Lipinski definition) is 1. The number of halogens is 1. The van der Waals surface area contributed by atoms with Gasteiger partial charge in [0.25, 0.3) is 0 Å². The van der Waals surface area contributed by atoms with Gasteiger partial charge in [0.1, 0.15) is 0 Å². The molecule has 0 aliphatic carbocycles. The van der Waals surface area contributed by atoms with Crippen LogP contribution in [0.4, 0.5) is 4.79 Å². The predicted octanol–water partition coefficient (Wildman–Crippen LogP) is 1.83. The number of nitrogens with one attached hydrogen (secondary N) is 1. The minimum atomic E-state index is -0.532. The first kappa shape index (κ1) is 12.8. The molecule has 0 fully saturated rings. The van der Waals surface area contributed by atoms with E-state index in [-0.39, 0.29) is 0 Å². The third kappa shape index (κ3) is 2.99. The van der Waals surface area contributed by atoms with Crippen molar-refractivity contribution in [2.75, 3.05) is 20.3 Å². The van der Waals surface area contributed by atoms with Crippen LogP contribution in [0.15, 0.2) is 29.1 Å². The molecule has 0 atom stereocenters. The maximum absolute atomic E-state index is 11.5. The Hall–Kier alpha value is -1.60. The third-order valence-electron chi connectivity index (χ3n) is 2.20. The van der Waals surface area contributed by atoms with Crippen molar-refractivity contribution in [2.24, 2.45) is 0 Å². The molecule has 0 aliphatic rings. The lowest BCUT2D eigenvalue weighted by Gasteiger charge is -2.07. The lowest BCUT2D eigenvalue weighted by atomic mass is 10.4. The van der Waals surface area contributed by atoms with E-state index in [1.807, 2.05) is 6.20 Å². The van der Waals surface area contributed by atoms with Crippen molar-refractivity contribution in [3.8, 4) is 5.75 Å². The smallest absolute Gasteiger partial charge is 0.406 e. The molecule has 0 bridgehead atoms. The number of fused-ring (bicyclic) bond motifs is 1. The van der Waals surface area contributed by atoms with Crippen molar-refractivity contribution in [2.45, 2.75) is 0 Å². The zero-order valence-corrected chi connectivity index (χ0v) is 11.3. The van der Waals surface area contributed by atoms with Crippen molar-refractivity contribution in [3.63, 3.8) is 0 Å². The number of aromatic nitrogens is 2. The zero-order chi connectivity index (χ0) is 13.0. The van der Waals surface area contributed by atoms with Crippen molar-refractivity contribution in [3.05, 3.63) is 29.1 Å². The Balaban J connectivity index is 2.11. The topological polar surface area (TPSA) is 64.9 Å². The van der Waals surface area contributed by atoms with Crippen molar-refractivity contribution >= 4 is 27.7 Å². The summed E-state index contributed by atoms with van der Waals surface area (Å²) in [6.07, 6.45) is 4.71. The van der Waals surface area contributed by atoms with Crippen molar-refractivity contribution in [1.82, 2.24) is 14.7 Å². The quantitative estimate of drug-likeness (QED) is 0.875. The number of methoxy groups -OCH3 is 1. The largest absolute Gasteiger partial charge is 0.412 e. The number of pyridine rings is 1. The molecule has 6 nitrogen and oxygen atoms in total. The molecule has 2 heterocycles. The van der Waals surface area contributed by atoms with Gasteiger partial charge in [0, 0.05) is 42.8 Å². The van der Waals surface area contributed by atoms with Crippen LogP contribution in [-0.2, 0) is 4.74 Å². The van der Waals surface area contributed by atoms with E-state index in [1.165, 1.54) is 0 Å². The number of nitrogens with zero attached hydrogens (tertiary/aromatic N) is 2. The molecule has 0 saturated heterocycles. The summed E-state index contributed by atoms with van der Waals surface area (Å²) < 4.78 is 12.6. The lowest BCUT2D eigenvalue weighted by Crippen LogP contribution is -2.29. The van der Waals surface area contributed by atoms with E-state index in [2.05, 4.69) is 26.2 Å². The molecule has 1 N–H and O–H groups in total. The molecule has 0 aliphatic heterocycles. The molecule has 2 aromatic rings. The summed E-state index contributed by atoms with van der Waals surface area (Å²) in [7, 11) is 1.56. The number of ether oxygens (including phenoxy) is 2. The summed E-state index contributed by atoms with van der Waals surface area (Å²) in [5, 5.41) is 2.57. The van der Waals surface area contributed by atoms with Crippen LogP contribution >= 0.6 is 15.9 Å². The predicted molar refractivity (Wildman–Crippen MR) is 68.8 cm³/mol. The summed E-state index contributed by atoms with van der Waals surface area (Å²) in [5.74, 6) is 0.393. The molecule has 0 radical (unpaired) electrons. The Labute approximate surface area is 112 Å². The number of hydrogen-bond acceptors (Lipinski definition) is 4. The number of carbonyl (C=O) groups excluding carboxylic acids is 1. The van der Waals surface area contributed by atoms with Gasteiger partial charge in [-0.2, -0.15) is 0 Å². The van der Waals surface area contributed by atoms with Crippen LogP contribution < -0.4 is 10.1 Å². The van der Waals surface area contributed by atoms with Crippen LogP contribution in [0.25, 0.3) is 5.65 Å². The monoisotopic (exact) mass is 313 g/mol. The minimum Gasteiger partial charge on any atom is -0.406 e. The molecule has 18 heavy (non-hydrogen) atoms. The van der Waals surface area contributed by atoms with E-state index in [4.69, 9.17) is 9.47 Å². The molecular weight excluding hydrogens is 302 g/mol. The molecule has 0 saturated carbocycles.